The number of aliphatic carboxylic acids is 1. The number of amides is 8. The number of carbonyl (C=O) groups excluding carboxylic acids is 8. The van der Waals surface area contributed by atoms with Crippen LogP contribution in [0.15, 0.2) is 85.1 Å². The van der Waals surface area contributed by atoms with Gasteiger partial charge in [-0.25, -0.2) is 0 Å². The Bertz CT molecular complexity index is 2720. The number of aromatic amines is 1. The summed E-state index contributed by atoms with van der Waals surface area (Å²) in [5, 5.41) is 26.0. The molecule has 0 bridgehead atoms. The predicted molar refractivity (Wildman–Crippen MR) is 273 cm³/mol. The summed E-state index contributed by atoms with van der Waals surface area (Å²) in [5.41, 5.74) is 8.43. The van der Waals surface area contributed by atoms with Gasteiger partial charge in [0.25, 0.3) is 10.1 Å². The lowest BCUT2D eigenvalue weighted by atomic mass is 10.0. The highest BCUT2D eigenvalue weighted by Crippen LogP contribution is 2.21. The molecular formula is C51H67N9O13S. The summed E-state index contributed by atoms with van der Waals surface area (Å²) in [6.45, 7) is 4.95. The number of carboxylic acids is 1. The Balaban J connectivity index is 1.54. The predicted octanol–water partition coefficient (Wildman–Crippen LogP) is 1.66. The van der Waals surface area contributed by atoms with E-state index in [0.717, 1.165) is 15.8 Å². The van der Waals surface area contributed by atoms with Crippen LogP contribution >= 0.6 is 0 Å². The Morgan fingerprint density at radius 2 is 1.22 bits per heavy atom. The average molecular weight is 1050 g/mol. The fraction of sp³-hybridized carbons (Fsp3) is 0.431. The van der Waals surface area contributed by atoms with E-state index in [1.165, 1.54) is 26.1 Å². The molecule has 4 rings (SSSR count). The molecule has 11 N–H and O–H groups in total. The molecule has 3 aromatic carbocycles. The third kappa shape index (κ3) is 19.4. The summed E-state index contributed by atoms with van der Waals surface area (Å²) < 4.78 is 31.9. The molecule has 0 spiro atoms. The van der Waals surface area contributed by atoms with Crippen molar-refractivity contribution < 1.29 is 61.2 Å². The SMILES string of the molecule is CCCCC(NC(=O)CC(=O)NC(Cc1c[nH]c2ccccc12)C(=O)N(C)C(CCCC)C(=O)NC(CC(=O)O)C(=O)NC(Cc1ccccc1)C(N)=O)NC(=O)C(Cc1ccc(CS(=O)(=O)O)cc1)NC(C)=O. The number of hydrogen-bond donors (Lipinski definition) is 10. The number of H-pyrrole nitrogens is 1. The van der Waals surface area contributed by atoms with Crippen LogP contribution in [0, 0.1) is 0 Å². The van der Waals surface area contributed by atoms with Crippen LogP contribution in [0.5, 0.6) is 0 Å². The van der Waals surface area contributed by atoms with Gasteiger partial charge < -0.3 is 52.6 Å². The van der Waals surface area contributed by atoms with Crippen molar-refractivity contribution in [3.8, 4) is 0 Å². The highest BCUT2D eigenvalue weighted by molar-refractivity contribution is 7.85. The molecule has 22 nitrogen and oxygen atoms in total. The van der Waals surface area contributed by atoms with Crippen LogP contribution in [0.1, 0.15) is 94.4 Å². The lowest BCUT2D eigenvalue weighted by Gasteiger charge is -2.32. The first-order valence-electron chi connectivity index (χ1n) is 24.2. The van der Waals surface area contributed by atoms with Crippen molar-refractivity contribution in [2.45, 2.75) is 134 Å². The largest absolute Gasteiger partial charge is 0.481 e. The summed E-state index contributed by atoms with van der Waals surface area (Å²) in [5.74, 6) is -8.53. The van der Waals surface area contributed by atoms with E-state index in [9.17, 15) is 61.2 Å². The van der Waals surface area contributed by atoms with Gasteiger partial charge in [0.1, 0.15) is 48.5 Å². The van der Waals surface area contributed by atoms with Crippen LogP contribution in [0.2, 0.25) is 0 Å². The first kappa shape index (κ1) is 58.9. The minimum Gasteiger partial charge on any atom is -0.481 e. The number of carboxylic acid groups (broad SMARTS) is 1. The Labute approximate surface area is 429 Å². The molecule has 1 aromatic heterocycles. The maximum Gasteiger partial charge on any atom is 0.305 e. The van der Waals surface area contributed by atoms with E-state index in [1.54, 1.807) is 66.9 Å². The van der Waals surface area contributed by atoms with Crippen molar-refractivity contribution >= 4 is 74.2 Å². The van der Waals surface area contributed by atoms with Crippen molar-refractivity contribution in [1.29, 1.82) is 0 Å². The van der Waals surface area contributed by atoms with Crippen molar-refractivity contribution in [3.05, 3.63) is 107 Å². The molecular weight excluding hydrogens is 979 g/mol. The topological polar surface area (TPSA) is 345 Å². The zero-order chi connectivity index (χ0) is 54.5. The first-order chi connectivity index (χ1) is 35.1. The van der Waals surface area contributed by atoms with Crippen molar-refractivity contribution in [2.24, 2.45) is 5.73 Å². The smallest absolute Gasteiger partial charge is 0.305 e. The van der Waals surface area contributed by atoms with Gasteiger partial charge in [-0.3, -0.25) is 47.7 Å². The van der Waals surface area contributed by atoms with E-state index in [1.807, 2.05) is 19.9 Å². The van der Waals surface area contributed by atoms with E-state index in [-0.39, 0.29) is 32.1 Å². The average Bonchev–Trinajstić information content (AvgIpc) is 3.74. The molecule has 0 aliphatic carbocycles. The number of benzene rings is 3. The number of nitrogens with two attached hydrogens (primary N) is 1. The third-order valence-electron chi connectivity index (χ3n) is 12.0. The highest BCUT2D eigenvalue weighted by atomic mass is 32.2. The molecule has 74 heavy (non-hydrogen) atoms. The van der Waals surface area contributed by atoms with Crippen molar-refractivity contribution in [1.82, 2.24) is 41.8 Å². The van der Waals surface area contributed by atoms with Gasteiger partial charge in [0.2, 0.25) is 47.3 Å². The number of aromatic nitrogens is 1. The number of para-hydroxylation sites is 1. The van der Waals surface area contributed by atoms with Crippen LogP contribution in [0.25, 0.3) is 10.9 Å². The molecule has 0 saturated heterocycles. The highest BCUT2D eigenvalue weighted by Gasteiger charge is 2.36. The lowest BCUT2D eigenvalue weighted by molar-refractivity contribution is -0.144. The molecule has 0 radical (unpaired) electrons. The van der Waals surface area contributed by atoms with Gasteiger partial charge >= 0.3 is 5.97 Å². The van der Waals surface area contributed by atoms with Crippen molar-refractivity contribution in [2.75, 3.05) is 7.05 Å². The number of unbranched alkanes of at least 4 members (excludes halogenated alkanes) is 2. The second-order valence-electron chi connectivity index (χ2n) is 18.1. The van der Waals surface area contributed by atoms with E-state index < -0.39 is 118 Å². The Morgan fingerprint density at radius 3 is 1.84 bits per heavy atom. The van der Waals surface area contributed by atoms with Gasteiger partial charge in [0.15, 0.2) is 0 Å². The van der Waals surface area contributed by atoms with E-state index >= 15 is 0 Å². The number of primary amides is 1. The van der Waals surface area contributed by atoms with Crippen LogP contribution < -0.4 is 37.6 Å². The van der Waals surface area contributed by atoms with Gasteiger partial charge in [-0.1, -0.05) is 106 Å². The standard InChI is InChI=1S/C51H67N9O13S/c1-5-7-18-42(50(69)57-40(27-46(64)65)48(67)56-38(47(52)66)24-32-14-10-9-11-15-32)60(4)51(70)41(26-35-29-53-37-17-13-12-16-36(35)37)55-44(62)28-45(63)58-43(19-8-6-2)59-49(68)39(54-31(3)61)25-33-20-22-34(23-21-33)30-74(71,72)73/h9-17,20-23,29,38-43,53H,5-8,18-19,24-28,30H2,1-4H3,(H2,52,66)(H,54,61)(H,55,62)(H,56,67)(H,57,69)(H,58,63)(H,59,68)(H,64,65)(H,71,72,73). The van der Waals surface area contributed by atoms with Gasteiger partial charge in [-0.2, -0.15) is 8.42 Å². The van der Waals surface area contributed by atoms with E-state index in [4.69, 9.17) is 5.73 Å². The summed E-state index contributed by atoms with van der Waals surface area (Å²) in [7, 11) is -2.96. The summed E-state index contributed by atoms with van der Waals surface area (Å²) in [6, 6.07) is 15.0. The van der Waals surface area contributed by atoms with E-state index in [2.05, 4.69) is 36.9 Å². The molecule has 8 amide bonds. The van der Waals surface area contributed by atoms with E-state index in [0.29, 0.717) is 47.9 Å². The summed E-state index contributed by atoms with van der Waals surface area (Å²) in [4.78, 5) is 124. The molecule has 0 fully saturated rings. The molecule has 0 aliphatic rings. The van der Waals surface area contributed by atoms with Gasteiger partial charge in [-0.15, -0.1) is 0 Å². The minimum atomic E-state index is -4.29. The van der Waals surface area contributed by atoms with Gasteiger partial charge in [-0.05, 0) is 47.6 Å². The second kappa shape index (κ2) is 28.5. The number of nitrogens with zero attached hydrogens (tertiary/aromatic N) is 1. The van der Waals surface area contributed by atoms with Crippen LogP contribution in [0.3, 0.4) is 0 Å². The second-order valence-corrected chi connectivity index (χ2v) is 19.5. The van der Waals surface area contributed by atoms with Crippen LogP contribution in [0.4, 0.5) is 0 Å². The molecule has 6 atom stereocenters. The first-order valence-corrected chi connectivity index (χ1v) is 25.8. The minimum absolute atomic E-state index is 0.0157. The molecule has 23 heteroatoms. The fourth-order valence-corrected chi connectivity index (χ4v) is 8.80. The zero-order valence-electron chi connectivity index (χ0n) is 41.9. The molecule has 1 heterocycles. The summed E-state index contributed by atoms with van der Waals surface area (Å²) >= 11 is 0. The quantitative estimate of drug-likeness (QED) is 0.0202. The third-order valence-corrected chi connectivity index (χ3v) is 12.7. The van der Waals surface area contributed by atoms with Gasteiger partial charge in [0, 0.05) is 50.3 Å². The van der Waals surface area contributed by atoms with Crippen molar-refractivity contribution in [3.63, 3.8) is 0 Å². The number of nitrogens with one attached hydrogen (secondary N) is 7. The van der Waals surface area contributed by atoms with Crippen LogP contribution in [-0.2, 0) is 78.3 Å². The molecule has 400 valence electrons. The number of carbonyl (C=O) groups is 9. The molecule has 0 aliphatic heterocycles. The number of hydrogen-bond acceptors (Lipinski definition) is 11. The molecule has 4 aromatic rings. The maximum absolute atomic E-state index is 14.7. The number of rotatable bonds is 30. The fourth-order valence-electron chi connectivity index (χ4n) is 8.18. The lowest BCUT2D eigenvalue weighted by Crippen LogP contribution is -2.59. The van der Waals surface area contributed by atoms with Crippen LogP contribution in [-0.4, -0.2) is 125 Å². The molecule has 0 saturated carbocycles. The molecule has 6 unspecified atom stereocenters. The Hall–Kier alpha value is -7.66. The maximum atomic E-state index is 14.7. The van der Waals surface area contributed by atoms with Gasteiger partial charge in [0.05, 0.1) is 6.42 Å². The Morgan fingerprint density at radius 1 is 0.649 bits per heavy atom. The normalized spacial score (nSPS) is 13.7. The number of fused-ring (bicyclic) bond motifs is 1. The number of likely N-dealkylation sites (N-methyl/N-ethyl adjacent to an activating group) is 1. The summed E-state index contributed by atoms with van der Waals surface area (Å²) in [6.07, 6.45) is 1.23. The monoisotopic (exact) mass is 1050 g/mol. The zero-order valence-corrected chi connectivity index (χ0v) is 42.7. The Kier molecular flexibility index (Phi) is 22.7.